The molecule has 0 bridgehead atoms. The number of pyridine rings is 1. The molecule has 4 heteroatoms. The second-order valence-electron chi connectivity index (χ2n) is 4.17. The molecule has 0 atom stereocenters. The molecule has 0 unspecified atom stereocenters. The van der Waals surface area contributed by atoms with E-state index < -0.39 is 0 Å². The number of hydrogen-bond donors (Lipinski definition) is 0. The Hall–Kier alpha value is -1.54. The second-order valence-corrected chi connectivity index (χ2v) is 4.17. The molecule has 0 amide bonds. The molecule has 1 rings (SSSR count). The summed E-state index contributed by atoms with van der Waals surface area (Å²) in [4.78, 5) is 7.31. The van der Waals surface area contributed by atoms with Gasteiger partial charge in [0.2, 0.25) is 0 Å². The fraction of sp³-hybridized carbons (Fsp3) is 0.583. The van der Waals surface area contributed by atoms with Gasteiger partial charge in [-0.1, -0.05) is 32.0 Å². The van der Waals surface area contributed by atoms with Crippen LogP contribution >= 0.6 is 0 Å². The topological polar surface area (TPSA) is 61.7 Å². The minimum atomic E-state index is 0.117. The third-order valence-corrected chi connectivity index (χ3v) is 3.28. The van der Waals surface area contributed by atoms with Crippen molar-refractivity contribution >= 4 is 0 Å². The highest BCUT2D eigenvalue weighted by atomic mass is 15.1. The monoisotopic (exact) mass is 218 g/mol. The first kappa shape index (κ1) is 12.5. The van der Waals surface area contributed by atoms with E-state index in [-0.39, 0.29) is 5.41 Å². The molecule has 0 aliphatic rings. The molecule has 0 N–H and O–H groups in total. The van der Waals surface area contributed by atoms with Gasteiger partial charge in [-0.15, -0.1) is 0 Å². The highest BCUT2D eigenvalue weighted by molar-refractivity contribution is 5.19. The molecule has 86 valence electrons. The lowest BCUT2D eigenvalue weighted by Crippen LogP contribution is -2.21. The van der Waals surface area contributed by atoms with Crippen molar-refractivity contribution in [3.8, 4) is 0 Å². The third kappa shape index (κ3) is 2.74. The first-order valence-electron chi connectivity index (χ1n) is 5.63. The lowest BCUT2D eigenvalue weighted by Gasteiger charge is -2.26. The summed E-state index contributed by atoms with van der Waals surface area (Å²) in [7, 11) is 0. The van der Waals surface area contributed by atoms with E-state index in [2.05, 4.69) is 35.8 Å². The van der Waals surface area contributed by atoms with E-state index in [1.807, 2.05) is 18.2 Å². The van der Waals surface area contributed by atoms with Crippen molar-refractivity contribution in [2.45, 2.75) is 45.6 Å². The third-order valence-electron chi connectivity index (χ3n) is 3.28. The van der Waals surface area contributed by atoms with Gasteiger partial charge in [-0.2, -0.15) is 0 Å². The van der Waals surface area contributed by atoms with Gasteiger partial charge in [0.05, 0.1) is 6.54 Å². The van der Waals surface area contributed by atoms with Gasteiger partial charge in [0, 0.05) is 21.7 Å². The van der Waals surface area contributed by atoms with Gasteiger partial charge in [0.15, 0.2) is 0 Å². The number of rotatable bonds is 5. The fourth-order valence-corrected chi connectivity index (χ4v) is 1.62. The van der Waals surface area contributed by atoms with Crippen LogP contribution in [-0.2, 0) is 12.0 Å². The Bertz CT molecular complexity index is 390. The average Bonchev–Trinajstić information content (AvgIpc) is 2.35. The van der Waals surface area contributed by atoms with Crippen LogP contribution in [0.15, 0.2) is 23.3 Å². The van der Waals surface area contributed by atoms with Gasteiger partial charge in [0.1, 0.15) is 0 Å². The number of aromatic nitrogens is 1. The van der Waals surface area contributed by atoms with Gasteiger partial charge >= 0.3 is 0 Å². The molecule has 1 aromatic rings. The molecule has 0 aliphatic carbocycles. The molecule has 0 aliphatic heterocycles. The van der Waals surface area contributed by atoms with Crippen LogP contribution in [0.5, 0.6) is 0 Å². The summed E-state index contributed by atoms with van der Waals surface area (Å²) in [6.07, 6.45) is 2.11. The van der Waals surface area contributed by atoms with Crippen LogP contribution in [-0.4, -0.2) is 4.98 Å². The summed E-state index contributed by atoms with van der Waals surface area (Å²) in [5, 5.41) is 3.53. The molecule has 0 aromatic carbocycles. The van der Waals surface area contributed by atoms with Crippen LogP contribution in [0, 0.1) is 0 Å². The molecule has 0 fully saturated rings. The van der Waals surface area contributed by atoms with Crippen molar-refractivity contribution in [2.75, 3.05) is 0 Å². The molecule has 0 saturated carbocycles. The Labute approximate surface area is 96.3 Å². The Morgan fingerprint density at radius 3 is 2.62 bits per heavy atom. The largest absolute Gasteiger partial charge is 0.257 e. The summed E-state index contributed by atoms with van der Waals surface area (Å²) in [6.45, 7) is 6.89. The smallest absolute Gasteiger partial charge is 0.0684 e. The van der Waals surface area contributed by atoms with E-state index in [1.165, 1.54) is 0 Å². The molecule has 1 heterocycles. The van der Waals surface area contributed by atoms with Crippen LogP contribution < -0.4 is 0 Å². The first-order valence-corrected chi connectivity index (χ1v) is 5.63. The zero-order valence-electron chi connectivity index (χ0n) is 10.1. The van der Waals surface area contributed by atoms with E-state index in [9.17, 15) is 0 Å². The maximum Gasteiger partial charge on any atom is 0.0684 e. The summed E-state index contributed by atoms with van der Waals surface area (Å²) >= 11 is 0. The average molecular weight is 218 g/mol. The predicted octanol–water partition coefficient (Wildman–Crippen LogP) is 3.97. The standard InChI is InChI=1S/C12H18N4/c1-4-12(3,5-2)11-8-6-7-10(15-11)9-14-16-13/h6-8H,4-5,9H2,1-3H3. The molecule has 1 aromatic heterocycles. The number of hydrogen-bond acceptors (Lipinski definition) is 2. The Morgan fingerprint density at radius 1 is 1.38 bits per heavy atom. The summed E-state index contributed by atoms with van der Waals surface area (Å²) in [5.41, 5.74) is 10.3. The predicted molar refractivity (Wildman–Crippen MR) is 65.0 cm³/mol. The van der Waals surface area contributed by atoms with E-state index in [0.29, 0.717) is 6.54 Å². The SMILES string of the molecule is CCC(C)(CC)c1cccc(CN=[N+]=[N-])n1. The van der Waals surface area contributed by atoms with Crippen LogP contribution in [0.25, 0.3) is 10.4 Å². The van der Waals surface area contributed by atoms with Crippen LogP contribution in [0.1, 0.15) is 45.0 Å². The van der Waals surface area contributed by atoms with Crippen molar-refractivity contribution in [1.29, 1.82) is 0 Å². The molecule has 0 radical (unpaired) electrons. The van der Waals surface area contributed by atoms with Gasteiger partial charge in [0.25, 0.3) is 0 Å². The first-order chi connectivity index (χ1) is 7.66. The van der Waals surface area contributed by atoms with E-state index in [1.54, 1.807) is 0 Å². The van der Waals surface area contributed by atoms with Gasteiger partial charge in [-0.3, -0.25) is 4.98 Å². The highest BCUT2D eigenvalue weighted by Gasteiger charge is 2.23. The van der Waals surface area contributed by atoms with E-state index in [4.69, 9.17) is 5.53 Å². The van der Waals surface area contributed by atoms with Crippen molar-refractivity contribution in [2.24, 2.45) is 5.11 Å². The fourth-order valence-electron chi connectivity index (χ4n) is 1.62. The van der Waals surface area contributed by atoms with Crippen molar-refractivity contribution in [3.05, 3.63) is 40.0 Å². The lowest BCUT2D eigenvalue weighted by atomic mass is 9.81. The Kier molecular flexibility index (Phi) is 4.32. The minimum Gasteiger partial charge on any atom is -0.257 e. The maximum absolute atomic E-state index is 8.28. The van der Waals surface area contributed by atoms with Crippen molar-refractivity contribution < 1.29 is 0 Å². The summed E-state index contributed by atoms with van der Waals surface area (Å²) < 4.78 is 0. The quantitative estimate of drug-likeness (QED) is 0.419. The minimum absolute atomic E-state index is 0.117. The normalized spacial score (nSPS) is 10.9. The summed E-state index contributed by atoms with van der Waals surface area (Å²) in [6, 6.07) is 5.92. The van der Waals surface area contributed by atoms with Crippen LogP contribution in [0.2, 0.25) is 0 Å². The van der Waals surface area contributed by atoms with Gasteiger partial charge < -0.3 is 0 Å². The molecular formula is C12H18N4. The van der Waals surface area contributed by atoms with Gasteiger partial charge in [-0.25, -0.2) is 0 Å². The Morgan fingerprint density at radius 2 is 2.06 bits per heavy atom. The molecule has 4 nitrogen and oxygen atoms in total. The number of nitrogens with zero attached hydrogens (tertiary/aromatic N) is 4. The summed E-state index contributed by atoms with van der Waals surface area (Å²) in [5.74, 6) is 0. The molecule has 0 spiro atoms. The van der Waals surface area contributed by atoms with Crippen molar-refractivity contribution in [3.63, 3.8) is 0 Å². The zero-order valence-corrected chi connectivity index (χ0v) is 10.1. The Balaban J connectivity index is 3.01. The maximum atomic E-state index is 8.28. The molecule has 0 saturated heterocycles. The van der Waals surface area contributed by atoms with Crippen LogP contribution in [0.4, 0.5) is 0 Å². The lowest BCUT2D eigenvalue weighted by molar-refractivity contribution is 0.425. The van der Waals surface area contributed by atoms with Gasteiger partial charge in [-0.05, 0) is 30.5 Å². The van der Waals surface area contributed by atoms with E-state index in [0.717, 1.165) is 24.2 Å². The van der Waals surface area contributed by atoms with Crippen molar-refractivity contribution in [1.82, 2.24) is 4.98 Å². The van der Waals surface area contributed by atoms with Crippen LogP contribution in [0.3, 0.4) is 0 Å². The molecular weight excluding hydrogens is 200 g/mol. The van der Waals surface area contributed by atoms with E-state index >= 15 is 0 Å². The second kappa shape index (κ2) is 5.52. The number of azide groups is 1. The highest BCUT2D eigenvalue weighted by Crippen LogP contribution is 2.29. The zero-order chi connectivity index (χ0) is 12.0. The molecule has 16 heavy (non-hydrogen) atoms.